The molecule has 1 amide bonds. The van der Waals surface area contributed by atoms with Gasteiger partial charge in [0, 0.05) is 29.9 Å². The van der Waals surface area contributed by atoms with Crippen LogP contribution < -0.4 is 5.32 Å². The molecule has 3 heterocycles. The highest BCUT2D eigenvalue weighted by molar-refractivity contribution is 6.42. The van der Waals surface area contributed by atoms with E-state index in [1.807, 2.05) is 11.8 Å². The average Bonchev–Trinajstić information content (AvgIpc) is 3.28. The molecule has 0 spiro atoms. The van der Waals surface area contributed by atoms with Gasteiger partial charge in [-0.2, -0.15) is 4.39 Å². The number of aromatic nitrogens is 2. The van der Waals surface area contributed by atoms with E-state index in [1.54, 1.807) is 18.2 Å². The first-order chi connectivity index (χ1) is 13.4. The average molecular weight is 423 g/mol. The fourth-order valence-electron chi connectivity index (χ4n) is 4.22. The van der Waals surface area contributed by atoms with Crippen molar-refractivity contribution in [2.45, 2.75) is 45.2 Å². The highest BCUT2D eigenvalue weighted by atomic mass is 35.5. The van der Waals surface area contributed by atoms with Crippen molar-refractivity contribution in [1.29, 1.82) is 0 Å². The molecule has 0 saturated carbocycles. The number of fused-ring (bicyclic) bond motifs is 1. The molecular formula is C20H21Cl2FN4O. The SMILES string of the molecule is CC[C@@H]1CCCN1C(=O)C1=C(C)Nc2cc(F)nn2C1c1cccc(Cl)c1Cl. The minimum atomic E-state index is -0.655. The number of amides is 1. The van der Waals surface area contributed by atoms with Crippen molar-refractivity contribution in [2.75, 3.05) is 11.9 Å². The molecule has 4 rings (SSSR count). The minimum absolute atomic E-state index is 0.0723. The standard InChI is InChI=1S/C20H21Cl2FN4O/c1-3-12-6-5-9-26(12)20(28)17-11(2)24-16-10-15(23)25-27(16)19(17)13-7-4-8-14(21)18(13)22/h4,7-8,10,12,19,24H,3,5-6,9H2,1-2H3/t12-,19?/m1/s1. The maximum atomic E-state index is 14.0. The highest BCUT2D eigenvalue weighted by Gasteiger charge is 2.39. The Bertz CT molecular complexity index is 971. The Morgan fingerprint density at radius 1 is 1.39 bits per heavy atom. The Morgan fingerprint density at radius 3 is 2.93 bits per heavy atom. The number of allylic oxidation sites excluding steroid dienone is 1. The zero-order valence-electron chi connectivity index (χ0n) is 15.7. The van der Waals surface area contributed by atoms with Crippen LogP contribution in [0.4, 0.5) is 10.2 Å². The van der Waals surface area contributed by atoms with E-state index in [9.17, 15) is 9.18 Å². The number of hydrogen-bond donors (Lipinski definition) is 1. The van der Waals surface area contributed by atoms with Gasteiger partial charge in [0.15, 0.2) is 0 Å². The molecule has 1 aromatic heterocycles. The smallest absolute Gasteiger partial charge is 0.254 e. The lowest BCUT2D eigenvalue weighted by molar-refractivity contribution is -0.128. The number of anilines is 1. The summed E-state index contributed by atoms with van der Waals surface area (Å²) in [6.07, 6.45) is 2.87. The van der Waals surface area contributed by atoms with Gasteiger partial charge >= 0.3 is 0 Å². The first-order valence-corrected chi connectivity index (χ1v) is 10.2. The minimum Gasteiger partial charge on any atom is -0.344 e. The lowest BCUT2D eigenvalue weighted by Crippen LogP contribution is -2.40. The fraction of sp³-hybridized carbons (Fsp3) is 0.400. The van der Waals surface area contributed by atoms with Gasteiger partial charge in [-0.1, -0.05) is 42.3 Å². The third-order valence-electron chi connectivity index (χ3n) is 5.56. The molecule has 2 aliphatic heterocycles. The molecule has 1 fully saturated rings. The molecule has 148 valence electrons. The third-order valence-corrected chi connectivity index (χ3v) is 6.39. The van der Waals surface area contributed by atoms with Crippen LogP contribution in [0, 0.1) is 5.95 Å². The summed E-state index contributed by atoms with van der Waals surface area (Å²) in [5.41, 5.74) is 1.80. The van der Waals surface area contributed by atoms with E-state index in [-0.39, 0.29) is 11.9 Å². The van der Waals surface area contributed by atoms with Crippen LogP contribution in [-0.2, 0) is 4.79 Å². The second-order valence-corrected chi connectivity index (χ2v) is 7.99. The van der Waals surface area contributed by atoms with Crippen LogP contribution in [0.2, 0.25) is 10.0 Å². The number of rotatable bonds is 3. The third kappa shape index (κ3) is 3.08. The van der Waals surface area contributed by atoms with Gasteiger partial charge in [0.05, 0.1) is 15.6 Å². The van der Waals surface area contributed by atoms with Gasteiger partial charge in [-0.15, -0.1) is 5.10 Å². The van der Waals surface area contributed by atoms with Crippen molar-refractivity contribution in [3.8, 4) is 0 Å². The second kappa shape index (κ2) is 7.41. The molecule has 5 nitrogen and oxygen atoms in total. The molecule has 2 aliphatic rings. The normalized spacial score (nSPS) is 21.7. The molecule has 0 aliphatic carbocycles. The number of hydrogen-bond acceptors (Lipinski definition) is 3. The predicted molar refractivity (Wildman–Crippen MR) is 108 cm³/mol. The Balaban J connectivity index is 1.87. The van der Waals surface area contributed by atoms with E-state index in [0.717, 1.165) is 19.3 Å². The monoisotopic (exact) mass is 422 g/mol. The quantitative estimate of drug-likeness (QED) is 0.755. The summed E-state index contributed by atoms with van der Waals surface area (Å²) in [6.45, 7) is 4.62. The van der Waals surface area contributed by atoms with Crippen molar-refractivity contribution in [3.05, 3.63) is 57.1 Å². The topological polar surface area (TPSA) is 50.2 Å². The molecule has 1 aromatic carbocycles. The highest BCUT2D eigenvalue weighted by Crippen LogP contribution is 2.42. The maximum absolute atomic E-state index is 14.0. The van der Waals surface area contributed by atoms with E-state index < -0.39 is 12.0 Å². The zero-order valence-corrected chi connectivity index (χ0v) is 17.2. The Labute approximate surface area is 173 Å². The van der Waals surface area contributed by atoms with Crippen molar-refractivity contribution >= 4 is 34.9 Å². The van der Waals surface area contributed by atoms with Crippen LogP contribution in [-0.4, -0.2) is 33.2 Å². The summed E-state index contributed by atoms with van der Waals surface area (Å²) >= 11 is 12.7. The molecular weight excluding hydrogens is 402 g/mol. The van der Waals surface area contributed by atoms with Crippen LogP contribution in [0.25, 0.3) is 0 Å². The molecule has 8 heteroatoms. The maximum Gasteiger partial charge on any atom is 0.254 e. The van der Waals surface area contributed by atoms with E-state index in [4.69, 9.17) is 23.2 Å². The number of nitrogens with zero attached hydrogens (tertiary/aromatic N) is 3. The van der Waals surface area contributed by atoms with Crippen LogP contribution in [0.3, 0.4) is 0 Å². The summed E-state index contributed by atoms with van der Waals surface area (Å²) in [7, 11) is 0. The van der Waals surface area contributed by atoms with E-state index in [0.29, 0.717) is 39.2 Å². The first-order valence-electron chi connectivity index (χ1n) is 9.40. The van der Waals surface area contributed by atoms with Crippen molar-refractivity contribution in [1.82, 2.24) is 14.7 Å². The summed E-state index contributed by atoms with van der Waals surface area (Å²) in [4.78, 5) is 15.5. The van der Waals surface area contributed by atoms with Crippen LogP contribution in [0.5, 0.6) is 0 Å². The van der Waals surface area contributed by atoms with Crippen molar-refractivity contribution in [2.24, 2.45) is 0 Å². The van der Waals surface area contributed by atoms with E-state index >= 15 is 0 Å². The molecule has 28 heavy (non-hydrogen) atoms. The second-order valence-electron chi connectivity index (χ2n) is 7.21. The summed E-state index contributed by atoms with van der Waals surface area (Å²) in [5, 5.41) is 7.83. The molecule has 1 unspecified atom stereocenters. The lowest BCUT2D eigenvalue weighted by atomic mass is 9.94. The largest absolute Gasteiger partial charge is 0.344 e. The van der Waals surface area contributed by atoms with Gasteiger partial charge in [-0.05, 0) is 32.3 Å². The predicted octanol–water partition coefficient (Wildman–Crippen LogP) is 5.02. The number of benzene rings is 1. The number of likely N-dealkylation sites (tertiary alicyclic amines) is 1. The van der Waals surface area contributed by atoms with Gasteiger partial charge in [0.2, 0.25) is 5.95 Å². The number of carbonyl (C=O) groups is 1. The fourth-order valence-corrected chi connectivity index (χ4v) is 4.63. The first kappa shape index (κ1) is 19.3. The van der Waals surface area contributed by atoms with Gasteiger partial charge in [0.25, 0.3) is 5.91 Å². The van der Waals surface area contributed by atoms with Crippen LogP contribution in [0.15, 0.2) is 35.5 Å². The Hall–Kier alpha value is -2.05. The van der Waals surface area contributed by atoms with Gasteiger partial charge in [0.1, 0.15) is 11.9 Å². The van der Waals surface area contributed by atoms with Gasteiger partial charge in [-0.3, -0.25) is 4.79 Å². The zero-order chi connectivity index (χ0) is 20.0. The molecule has 1 N–H and O–H groups in total. The van der Waals surface area contributed by atoms with Gasteiger partial charge < -0.3 is 10.2 Å². The lowest BCUT2D eigenvalue weighted by Gasteiger charge is -2.33. The number of carbonyl (C=O) groups excluding carboxylic acids is 1. The van der Waals surface area contributed by atoms with Crippen LogP contribution >= 0.6 is 23.2 Å². The summed E-state index contributed by atoms with van der Waals surface area (Å²) in [5.74, 6) is -0.224. The summed E-state index contributed by atoms with van der Waals surface area (Å²) < 4.78 is 15.5. The number of halogens is 3. The van der Waals surface area contributed by atoms with Crippen LogP contribution in [0.1, 0.15) is 44.7 Å². The molecule has 0 radical (unpaired) electrons. The Morgan fingerprint density at radius 2 is 2.18 bits per heavy atom. The Kier molecular flexibility index (Phi) is 5.10. The van der Waals surface area contributed by atoms with Crippen molar-refractivity contribution in [3.63, 3.8) is 0 Å². The molecule has 0 bridgehead atoms. The van der Waals surface area contributed by atoms with Gasteiger partial charge in [-0.25, -0.2) is 4.68 Å². The molecule has 2 atom stereocenters. The number of nitrogens with one attached hydrogen (secondary N) is 1. The molecule has 2 aromatic rings. The van der Waals surface area contributed by atoms with E-state index in [1.165, 1.54) is 10.7 Å². The van der Waals surface area contributed by atoms with Crippen molar-refractivity contribution < 1.29 is 9.18 Å². The summed E-state index contributed by atoms with van der Waals surface area (Å²) in [6, 6.07) is 6.12. The van der Waals surface area contributed by atoms with E-state index in [2.05, 4.69) is 17.3 Å². The molecule has 1 saturated heterocycles.